The normalized spacial score (nSPS) is 26.6. The van der Waals surface area contributed by atoms with Crippen LogP contribution in [0.5, 0.6) is 0 Å². The van der Waals surface area contributed by atoms with Crippen molar-refractivity contribution in [1.82, 2.24) is 4.90 Å². The Balaban J connectivity index is 1.24. The SMILES string of the molecule is CC1(C)OB(c2cccc(C(=O)C3CC4CCC(C3)N4C(=O)OCc3ccccc3)c2)OC1(C)C. The lowest BCUT2D eigenvalue weighted by Crippen LogP contribution is -2.48. The molecule has 7 heteroatoms. The summed E-state index contributed by atoms with van der Waals surface area (Å²) < 4.78 is 18.0. The molecule has 3 aliphatic heterocycles. The van der Waals surface area contributed by atoms with Crippen LogP contribution in [0.25, 0.3) is 0 Å². The zero-order chi connectivity index (χ0) is 24.8. The van der Waals surface area contributed by atoms with E-state index >= 15 is 0 Å². The fourth-order valence-electron chi connectivity index (χ4n) is 5.54. The van der Waals surface area contributed by atoms with Gasteiger partial charge in [-0.15, -0.1) is 0 Å². The number of rotatable bonds is 5. The summed E-state index contributed by atoms with van der Waals surface area (Å²) in [5, 5.41) is 0. The molecule has 0 N–H and O–H groups in total. The van der Waals surface area contributed by atoms with Crippen molar-refractivity contribution in [1.29, 1.82) is 0 Å². The molecule has 2 aromatic carbocycles. The number of ketones is 1. The van der Waals surface area contributed by atoms with E-state index in [0.717, 1.165) is 23.9 Å². The van der Waals surface area contributed by atoms with Crippen LogP contribution in [0.1, 0.15) is 69.3 Å². The Morgan fingerprint density at radius 2 is 1.57 bits per heavy atom. The number of hydrogen-bond acceptors (Lipinski definition) is 5. The molecule has 2 atom stereocenters. The van der Waals surface area contributed by atoms with Crippen LogP contribution in [0, 0.1) is 5.92 Å². The number of nitrogens with zero attached hydrogens (tertiary/aromatic N) is 1. The van der Waals surface area contributed by atoms with Crippen molar-refractivity contribution in [3.63, 3.8) is 0 Å². The van der Waals surface area contributed by atoms with Gasteiger partial charge >= 0.3 is 13.2 Å². The van der Waals surface area contributed by atoms with Crippen molar-refractivity contribution in [2.75, 3.05) is 0 Å². The summed E-state index contributed by atoms with van der Waals surface area (Å²) in [7, 11) is -0.495. The first-order valence-electron chi connectivity index (χ1n) is 12.6. The van der Waals surface area contributed by atoms with Crippen LogP contribution in [0.4, 0.5) is 4.79 Å². The summed E-state index contributed by atoms with van der Waals surface area (Å²) in [5.41, 5.74) is 1.65. The van der Waals surface area contributed by atoms with Crippen molar-refractivity contribution in [3.8, 4) is 0 Å². The van der Waals surface area contributed by atoms with Crippen molar-refractivity contribution in [3.05, 3.63) is 65.7 Å². The first-order valence-corrected chi connectivity index (χ1v) is 12.6. The lowest BCUT2D eigenvalue weighted by atomic mass is 9.77. The van der Waals surface area contributed by atoms with Gasteiger partial charge in [0.2, 0.25) is 0 Å². The molecule has 0 aromatic heterocycles. The molecule has 0 spiro atoms. The van der Waals surface area contributed by atoms with Gasteiger partial charge in [-0.25, -0.2) is 4.79 Å². The molecule has 0 radical (unpaired) electrons. The second-order valence-corrected chi connectivity index (χ2v) is 11.1. The van der Waals surface area contributed by atoms with E-state index in [-0.39, 0.29) is 36.5 Å². The van der Waals surface area contributed by atoms with Crippen molar-refractivity contribution in [2.24, 2.45) is 5.92 Å². The first kappa shape index (κ1) is 24.1. The number of hydrogen-bond donors (Lipinski definition) is 0. The van der Waals surface area contributed by atoms with Gasteiger partial charge in [0.1, 0.15) is 6.61 Å². The topological polar surface area (TPSA) is 65.1 Å². The van der Waals surface area contributed by atoms with Crippen LogP contribution in [0.15, 0.2) is 54.6 Å². The molecule has 3 fully saturated rings. The van der Waals surface area contributed by atoms with E-state index in [2.05, 4.69) is 0 Å². The Bertz CT molecular complexity index is 1070. The van der Waals surface area contributed by atoms with E-state index in [0.29, 0.717) is 18.4 Å². The third-order valence-electron chi connectivity index (χ3n) is 8.22. The van der Waals surface area contributed by atoms with Crippen molar-refractivity contribution < 1.29 is 23.6 Å². The first-order chi connectivity index (χ1) is 16.6. The summed E-state index contributed by atoms with van der Waals surface area (Å²) in [6.45, 7) is 8.36. The monoisotopic (exact) mass is 475 g/mol. The summed E-state index contributed by atoms with van der Waals surface area (Å²) >= 11 is 0. The van der Waals surface area contributed by atoms with E-state index in [1.54, 1.807) is 0 Å². The molecule has 0 aliphatic carbocycles. The van der Waals surface area contributed by atoms with Crippen LogP contribution in [-0.2, 0) is 20.7 Å². The highest BCUT2D eigenvalue weighted by molar-refractivity contribution is 6.62. The molecule has 2 aromatic rings. The minimum atomic E-state index is -0.495. The van der Waals surface area contributed by atoms with Crippen LogP contribution < -0.4 is 5.46 Å². The van der Waals surface area contributed by atoms with Gasteiger partial charge in [-0.1, -0.05) is 54.6 Å². The fourth-order valence-corrected chi connectivity index (χ4v) is 5.54. The van der Waals surface area contributed by atoms with Crippen LogP contribution in [0.2, 0.25) is 0 Å². The molecule has 6 nitrogen and oxygen atoms in total. The average Bonchev–Trinajstić information content (AvgIpc) is 3.24. The third-order valence-corrected chi connectivity index (χ3v) is 8.22. The Morgan fingerprint density at radius 3 is 2.20 bits per heavy atom. The van der Waals surface area contributed by atoms with Gasteiger partial charge < -0.3 is 18.9 Å². The number of carbonyl (C=O) groups is 2. The van der Waals surface area contributed by atoms with Gasteiger partial charge in [-0.05, 0) is 64.4 Å². The smallest absolute Gasteiger partial charge is 0.445 e. The number of ether oxygens (including phenoxy) is 1. The highest BCUT2D eigenvalue weighted by Gasteiger charge is 2.52. The molecular formula is C28H34BNO5. The quantitative estimate of drug-likeness (QED) is 0.462. The number of carbonyl (C=O) groups excluding carboxylic acids is 2. The fraction of sp³-hybridized carbons (Fsp3) is 0.500. The van der Waals surface area contributed by atoms with Crippen molar-refractivity contribution in [2.45, 2.75) is 83.3 Å². The summed E-state index contributed by atoms with van der Waals surface area (Å²) in [6, 6.07) is 17.5. The number of piperidine rings is 1. The van der Waals surface area contributed by atoms with Gasteiger partial charge in [-0.3, -0.25) is 4.79 Å². The predicted molar refractivity (Wildman–Crippen MR) is 134 cm³/mol. The number of benzene rings is 2. The van der Waals surface area contributed by atoms with E-state index in [1.807, 2.05) is 87.2 Å². The Labute approximate surface area is 208 Å². The standard InChI is InChI=1S/C28H34BNO5/c1-27(2)28(3,4)35-29(34-27)22-12-8-11-20(15-22)25(31)21-16-23-13-14-24(17-21)30(23)26(32)33-18-19-9-6-5-7-10-19/h5-12,15,21,23-24H,13-14,16-18H2,1-4H3. The zero-order valence-corrected chi connectivity index (χ0v) is 21.0. The summed E-state index contributed by atoms with van der Waals surface area (Å²) in [6.07, 6.45) is 2.92. The second kappa shape index (κ2) is 9.10. The molecule has 5 rings (SSSR count). The maximum absolute atomic E-state index is 13.5. The Hall–Kier alpha value is -2.64. The van der Waals surface area contributed by atoms with Crippen LogP contribution in [-0.4, -0.2) is 47.2 Å². The minimum Gasteiger partial charge on any atom is -0.445 e. The third kappa shape index (κ3) is 4.64. The van der Waals surface area contributed by atoms with Gasteiger partial charge in [-0.2, -0.15) is 0 Å². The molecule has 0 saturated carbocycles. The van der Waals surface area contributed by atoms with Gasteiger partial charge in [0.25, 0.3) is 0 Å². The maximum atomic E-state index is 13.5. The van der Waals surface area contributed by atoms with E-state index < -0.39 is 18.3 Å². The van der Waals surface area contributed by atoms with E-state index in [1.165, 1.54) is 0 Å². The van der Waals surface area contributed by atoms with Gasteiger partial charge in [0.15, 0.2) is 5.78 Å². The highest BCUT2D eigenvalue weighted by Crippen LogP contribution is 2.40. The summed E-state index contributed by atoms with van der Waals surface area (Å²) in [4.78, 5) is 28.3. The molecule has 1 amide bonds. The zero-order valence-electron chi connectivity index (χ0n) is 21.0. The van der Waals surface area contributed by atoms with Gasteiger partial charge in [0, 0.05) is 23.6 Å². The molecule has 3 heterocycles. The van der Waals surface area contributed by atoms with E-state index in [9.17, 15) is 9.59 Å². The molecule has 2 bridgehead atoms. The lowest BCUT2D eigenvalue weighted by molar-refractivity contribution is 0.00578. The van der Waals surface area contributed by atoms with Crippen LogP contribution >= 0.6 is 0 Å². The Morgan fingerprint density at radius 1 is 0.943 bits per heavy atom. The number of Topliss-reactive ketones (excluding diaryl/α,β-unsaturated/α-hetero) is 1. The van der Waals surface area contributed by atoms with Gasteiger partial charge in [0.05, 0.1) is 11.2 Å². The minimum absolute atomic E-state index is 0.0530. The number of fused-ring (bicyclic) bond motifs is 2. The molecular weight excluding hydrogens is 441 g/mol. The average molecular weight is 475 g/mol. The molecule has 184 valence electrons. The van der Waals surface area contributed by atoms with Crippen molar-refractivity contribution >= 4 is 24.5 Å². The maximum Gasteiger partial charge on any atom is 0.494 e. The highest BCUT2D eigenvalue weighted by atomic mass is 16.7. The Kier molecular flexibility index (Phi) is 6.26. The molecule has 3 aliphatic rings. The lowest BCUT2D eigenvalue weighted by Gasteiger charge is -2.37. The number of amides is 1. The largest absolute Gasteiger partial charge is 0.494 e. The predicted octanol–water partition coefficient (Wildman–Crippen LogP) is 4.75. The molecule has 2 unspecified atom stereocenters. The second-order valence-electron chi connectivity index (χ2n) is 11.1. The molecule has 35 heavy (non-hydrogen) atoms. The summed E-state index contributed by atoms with van der Waals surface area (Å²) in [5.74, 6) is 0.0387. The van der Waals surface area contributed by atoms with Crippen LogP contribution in [0.3, 0.4) is 0 Å². The molecule has 3 saturated heterocycles. The van der Waals surface area contributed by atoms with E-state index in [4.69, 9.17) is 14.0 Å².